The summed E-state index contributed by atoms with van der Waals surface area (Å²) in [6.45, 7) is 0. The predicted molar refractivity (Wildman–Crippen MR) is 143 cm³/mol. The van der Waals surface area contributed by atoms with Crippen LogP contribution in [0.5, 0.6) is 17.2 Å². The number of benzene rings is 4. The molecular weight excluding hydrogens is 432 g/mol. The molecule has 0 saturated heterocycles. The second-order valence-corrected chi connectivity index (χ2v) is 10.0. The number of phenols is 1. The number of ether oxygens (including phenoxy) is 2. The summed E-state index contributed by atoms with van der Waals surface area (Å²) in [5.41, 5.74) is 7.41. The molecule has 3 nitrogen and oxygen atoms in total. The average Bonchev–Trinajstić information content (AvgIpc) is 3.15. The average molecular weight is 465 g/mol. The molecule has 1 spiro atoms. The van der Waals surface area contributed by atoms with Crippen LogP contribution in [-0.4, -0.2) is 19.3 Å². The predicted octanol–water partition coefficient (Wildman–Crippen LogP) is 8.24. The normalized spacial score (nSPS) is 16.4. The Balaban J connectivity index is 1.65. The summed E-state index contributed by atoms with van der Waals surface area (Å²) in [5.74, 6) is 1.92. The van der Waals surface area contributed by atoms with Gasteiger partial charge in [-0.15, -0.1) is 0 Å². The monoisotopic (exact) mass is 464 g/mol. The first-order valence-electron chi connectivity index (χ1n) is 12.8. The van der Waals surface area contributed by atoms with Crippen LogP contribution in [0.1, 0.15) is 56.1 Å². The molecule has 35 heavy (non-hydrogen) atoms. The van der Waals surface area contributed by atoms with Crippen LogP contribution in [0.25, 0.3) is 33.0 Å². The Kier molecular flexibility index (Phi) is 5.44. The molecule has 2 aliphatic carbocycles. The number of aromatic hydroxyl groups is 1. The van der Waals surface area contributed by atoms with Crippen LogP contribution in [-0.2, 0) is 5.41 Å². The van der Waals surface area contributed by atoms with Gasteiger partial charge in [0.15, 0.2) is 0 Å². The molecule has 6 rings (SSSR count). The van der Waals surface area contributed by atoms with E-state index < -0.39 is 0 Å². The zero-order valence-electron chi connectivity index (χ0n) is 20.6. The summed E-state index contributed by atoms with van der Waals surface area (Å²) in [5, 5.41) is 13.3. The summed E-state index contributed by atoms with van der Waals surface area (Å²) in [6, 6.07) is 23.3. The lowest BCUT2D eigenvalue weighted by Crippen LogP contribution is -2.26. The minimum atomic E-state index is -0.0157. The van der Waals surface area contributed by atoms with Crippen molar-refractivity contribution in [2.24, 2.45) is 0 Å². The molecule has 178 valence electrons. The van der Waals surface area contributed by atoms with Gasteiger partial charge in [-0.1, -0.05) is 68.5 Å². The van der Waals surface area contributed by atoms with E-state index in [4.69, 9.17) is 9.47 Å². The third kappa shape index (κ3) is 3.40. The molecule has 1 N–H and O–H groups in total. The second-order valence-electron chi connectivity index (χ2n) is 10.0. The Morgan fingerprint density at radius 2 is 1.40 bits per heavy atom. The van der Waals surface area contributed by atoms with Crippen LogP contribution in [0.15, 0.2) is 66.7 Å². The third-order valence-corrected chi connectivity index (χ3v) is 8.27. The highest BCUT2D eigenvalue weighted by Crippen LogP contribution is 2.58. The van der Waals surface area contributed by atoms with Crippen LogP contribution in [0.4, 0.5) is 0 Å². The van der Waals surface area contributed by atoms with Crippen molar-refractivity contribution in [3.63, 3.8) is 0 Å². The van der Waals surface area contributed by atoms with Gasteiger partial charge >= 0.3 is 0 Å². The van der Waals surface area contributed by atoms with Crippen LogP contribution in [0.3, 0.4) is 0 Å². The van der Waals surface area contributed by atoms with Crippen LogP contribution in [0.2, 0.25) is 0 Å². The maximum Gasteiger partial charge on any atom is 0.127 e. The van der Waals surface area contributed by atoms with Gasteiger partial charge in [-0.3, -0.25) is 0 Å². The first-order chi connectivity index (χ1) is 17.2. The Labute approximate surface area is 207 Å². The van der Waals surface area contributed by atoms with Crippen LogP contribution < -0.4 is 9.47 Å². The lowest BCUT2D eigenvalue weighted by Gasteiger charge is -2.34. The Morgan fingerprint density at radius 1 is 0.686 bits per heavy atom. The van der Waals surface area contributed by atoms with Gasteiger partial charge in [0, 0.05) is 16.4 Å². The Bertz CT molecular complexity index is 1390. The van der Waals surface area contributed by atoms with Crippen molar-refractivity contribution in [2.45, 2.75) is 50.4 Å². The Hall–Kier alpha value is -3.46. The fraction of sp³-hybridized carbons (Fsp3) is 0.312. The standard InChI is InChI=1S/C32H32O3/c1-34-22-14-12-21(13-15-22)24-18-26-25(19-30(24)35-2)29(33)20-28-31(26)23-10-6-7-11-27(23)32(28)16-8-4-3-5-9-17-32/h6-7,10-15,18-20,33H,3-5,8-9,16-17H2,1-2H3. The first kappa shape index (κ1) is 22.0. The largest absolute Gasteiger partial charge is 0.507 e. The van der Waals surface area contributed by atoms with E-state index >= 15 is 0 Å². The maximum atomic E-state index is 11.3. The summed E-state index contributed by atoms with van der Waals surface area (Å²) in [7, 11) is 3.37. The van der Waals surface area contributed by atoms with Crippen LogP contribution in [0, 0.1) is 0 Å². The fourth-order valence-corrected chi connectivity index (χ4v) is 6.57. The number of hydrogen-bond acceptors (Lipinski definition) is 3. The number of hydrogen-bond donors (Lipinski definition) is 1. The van der Waals surface area contributed by atoms with E-state index in [9.17, 15) is 5.11 Å². The third-order valence-electron chi connectivity index (χ3n) is 8.27. The van der Waals surface area contributed by atoms with E-state index in [-0.39, 0.29) is 5.41 Å². The Morgan fingerprint density at radius 3 is 2.11 bits per heavy atom. The van der Waals surface area contributed by atoms with Crippen LogP contribution >= 0.6 is 0 Å². The quantitative estimate of drug-likeness (QED) is 0.332. The van der Waals surface area contributed by atoms with Crippen molar-refractivity contribution in [3.8, 4) is 39.5 Å². The van der Waals surface area contributed by atoms with E-state index in [1.165, 1.54) is 54.4 Å². The van der Waals surface area contributed by atoms with Gasteiger partial charge < -0.3 is 14.6 Å². The topological polar surface area (TPSA) is 38.7 Å². The summed E-state index contributed by atoms with van der Waals surface area (Å²) in [4.78, 5) is 0. The van der Waals surface area contributed by atoms with Gasteiger partial charge in [0.2, 0.25) is 0 Å². The minimum absolute atomic E-state index is 0.0157. The maximum absolute atomic E-state index is 11.3. The van der Waals surface area contributed by atoms with E-state index in [2.05, 4.69) is 48.5 Å². The molecule has 4 aromatic carbocycles. The van der Waals surface area contributed by atoms with Crippen molar-refractivity contribution in [1.29, 1.82) is 0 Å². The molecule has 0 aliphatic heterocycles. The molecule has 1 fully saturated rings. The SMILES string of the molecule is COc1ccc(-c2cc3c4c(cc(O)c3cc2OC)C2(CCCCCCC2)c2ccccc2-4)cc1. The smallest absolute Gasteiger partial charge is 0.127 e. The first-order valence-corrected chi connectivity index (χ1v) is 12.8. The van der Waals surface area contributed by atoms with Crippen molar-refractivity contribution >= 4 is 10.8 Å². The highest BCUT2D eigenvalue weighted by molar-refractivity contribution is 6.07. The van der Waals surface area contributed by atoms with Gasteiger partial charge in [-0.05, 0) is 76.4 Å². The fourth-order valence-electron chi connectivity index (χ4n) is 6.57. The zero-order valence-corrected chi connectivity index (χ0v) is 20.6. The van der Waals surface area contributed by atoms with Gasteiger partial charge in [-0.2, -0.15) is 0 Å². The molecule has 3 heteroatoms. The van der Waals surface area contributed by atoms with Crippen molar-refractivity contribution in [1.82, 2.24) is 0 Å². The number of phenolic OH excluding ortho intramolecular Hbond substituents is 1. The molecule has 0 amide bonds. The summed E-state index contributed by atoms with van der Waals surface area (Å²) in [6.07, 6.45) is 8.65. The molecule has 0 unspecified atom stereocenters. The van der Waals surface area contributed by atoms with Gasteiger partial charge in [0.05, 0.1) is 14.2 Å². The minimum Gasteiger partial charge on any atom is -0.507 e. The molecular formula is C32H32O3. The van der Waals surface area contributed by atoms with E-state index in [0.717, 1.165) is 46.2 Å². The molecule has 1 saturated carbocycles. The summed E-state index contributed by atoms with van der Waals surface area (Å²) < 4.78 is 11.2. The van der Waals surface area contributed by atoms with Crippen molar-refractivity contribution < 1.29 is 14.6 Å². The van der Waals surface area contributed by atoms with Gasteiger partial charge in [-0.25, -0.2) is 0 Å². The van der Waals surface area contributed by atoms with Crippen molar-refractivity contribution in [3.05, 3.63) is 77.9 Å². The van der Waals surface area contributed by atoms with Crippen molar-refractivity contribution in [2.75, 3.05) is 14.2 Å². The number of fused-ring (bicyclic) bond motifs is 7. The molecule has 4 aromatic rings. The molecule has 0 atom stereocenters. The van der Waals surface area contributed by atoms with Gasteiger partial charge in [0.1, 0.15) is 17.2 Å². The van der Waals surface area contributed by atoms with E-state index in [1.807, 2.05) is 18.2 Å². The zero-order chi connectivity index (χ0) is 24.0. The number of methoxy groups -OCH3 is 2. The highest BCUT2D eigenvalue weighted by Gasteiger charge is 2.43. The molecule has 0 bridgehead atoms. The molecule has 0 aromatic heterocycles. The lowest BCUT2D eigenvalue weighted by atomic mass is 9.69. The van der Waals surface area contributed by atoms with Gasteiger partial charge in [0.25, 0.3) is 0 Å². The molecule has 0 heterocycles. The molecule has 0 radical (unpaired) electrons. The highest BCUT2D eigenvalue weighted by atomic mass is 16.5. The lowest BCUT2D eigenvalue weighted by molar-refractivity contribution is 0.372. The van der Waals surface area contributed by atoms with E-state index in [1.54, 1.807) is 14.2 Å². The summed E-state index contributed by atoms with van der Waals surface area (Å²) >= 11 is 0. The second kappa shape index (κ2) is 8.64. The molecule has 2 aliphatic rings. The van der Waals surface area contributed by atoms with E-state index in [0.29, 0.717) is 5.75 Å². The number of rotatable bonds is 3.